The van der Waals surface area contributed by atoms with Gasteiger partial charge in [0.2, 0.25) is 0 Å². The Kier molecular flexibility index (Phi) is 4.01. The van der Waals surface area contributed by atoms with Crippen LogP contribution >= 0.6 is 11.8 Å². The van der Waals surface area contributed by atoms with Crippen LogP contribution in [-0.2, 0) is 6.54 Å². The molecule has 0 unspecified atom stereocenters. The third-order valence-electron chi connectivity index (χ3n) is 4.38. The molecule has 4 heteroatoms. The van der Waals surface area contributed by atoms with E-state index in [-0.39, 0.29) is 11.4 Å². The molecule has 2 fully saturated rings. The van der Waals surface area contributed by atoms with Crippen molar-refractivity contribution in [3.8, 4) is 0 Å². The minimum atomic E-state index is -0.188. The molecule has 3 rings (SSSR count). The van der Waals surface area contributed by atoms with Crippen molar-refractivity contribution in [2.24, 2.45) is 10.9 Å². The SMILES string of the molecule is CC1CCC2(CC1)CSC(=NCc1cccc(F)c1)N2. The van der Waals surface area contributed by atoms with E-state index in [0.29, 0.717) is 6.54 Å². The van der Waals surface area contributed by atoms with Crippen molar-refractivity contribution in [3.63, 3.8) is 0 Å². The fraction of sp³-hybridized carbons (Fsp3) is 0.562. The van der Waals surface area contributed by atoms with Gasteiger partial charge in [0.25, 0.3) is 0 Å². The lowest BCUT2D eigenvalue weighted by molar-refractivity contribution is 0.251. The summed E-state index contributed by atoms with van der Waals surface area (Å²) in [5, 5.41) is 4.66. The van der Waals surface area contributed by atoms with Crippen molar-refractivity contribution in [1.82, 2.24) is 5.32 Å². The fourth-order valence-corrected chi connectivity index (χ4v) is 4.19. The summed E-state index contributed by atoms with van der Waals surface area (Å²) >= 11 is 1.82. The maximum atomic E-state index is 13.1. The van der Waals surface area contributed by atoms with E-state index in [9.17, 15) is 4.39 Å². The number of amidine groups is 1. The first kappa shape index (κ1) is 13.9. The Morgan fingerprint density at radius 3 is 2.95 bits per heavy atom. The number of rotatable bonds is 2. The highest BCUT2D eigenvalue weighted by Gasteiger charge is 2.39. The molecule has 1 aromatic rings. The van der Waals surface area contributed by atoms with Crippen molar-refractivity contribution < 1.29 is 4.39 Å². The minimum Gasteiger partial charge on any atom is -0.359 e. The van der Waals surface area contributed by atoms with Crippen LogP contribution in [0.4, 0.5) is 4.39 Å². The number of aliphatic imine (C=N–C) groups is 1. The summed E-state index contributed by atoms with van der Waals surface area (Å²) in [6, 6.07) is 6.69. The van der Waals surface area contributed by atoms with Gasteiger partial charge in [0, 0.05) is 11.3 Å². The second-order valence-corrected chi connectivity index (χ2v) is 7.09. The quantitative estimate of drug-likeness (QED) is 0.892. The van der Waals surface area contributed by atoms with Gasteiger partial charge >= 0.3 is 0 Å². The Morgan fingerprint density at radius 1 is 1.40 bits per heavy atom. The molecule has 1 aromatic carbocycles. The summed E-state index contributed by atoms with van der Waals surface area (Å²) in [7, 11) is 0. The lowest BCUT2D eigenvalue weighted by Gasteiger charge is -2.35. The van der Waals surface area contributed by atoms with E-state index in [2.05, 4.69) is 17.2 Å². The van der Waals surface area contributed by atoms with Crippen molar-refractivity contribution in [2.45, 2.75) is 44.7 Å². The highest BCUT2D eigenvalue weighted by atomic mass is 32.2. The Hall–Kier alpha value is -1.03. The summed E-state index contributed by atoms with van der Waals surface area (Å²) in [5.74, 6) is 1.80. The molecule has 1 saturated heterocycles. The Balaban J connectivity index is 1.61. The second kappa shape index (κ2) is 5.76. The van der Waals surface area contributed by atoms with Crippen molar-refractivity contribution in [2.75, 3.05) is 5.75 Å². The molecular formula is C16H21FN2S. The molecule has 2 nitrogen and oxygen atoms in total. The highest BCUT2D eigenvalue weighted by molar-refractivity contribution is 8.14. The Bertz CT molecular complexity index is 507. The van der Waals surface area contributed by atoms with Gasteiger partial charge in [0.15, 0.2) is 5.17 Å². The molecule has 2 aliphatic rings. The summed E-state index contributed by atoms with van der Waals surface area (Å²) in [6.45, 7) is 2.90. The van der Waals surface area contributed by atoms with E-state index in [0.717, 1.165) is 22.4 Å². The Labute approximate surface area is 124 Å². The Morgan fingerprint density at radius 2 is 2.20 bits per heavy atom. The van der Waals surface area contributed by atoms with Crippen molar-refractivity contribution >= 4 is 16.9 Å². The maximum Gasteiger partial charge on any atom is 0.157 e. The molecule has 1 aliphatic carbocycles. The number of nitrogens with one attached hydrogen (secondary N) is 1. The number of hydrogen-bond donors (Lipinski definition) is 1. The molecule has 1 heterocycles. The van der Waals surface area contributed by atoms with E-state index in [4.69, 9.17) is 0 Å². The zero-order valence-corrected chi connectivity index (χ0v) is 12.7. The average Bonchev–Trinajstić information content (AvgIpc) is 2.84. The van der Waals surface area contributed by atoms with E-state index >= 15 is 0 Å². The van der Waals surface area contributed by atoms with Gasteiger partial charge in [-0.05, 0) is 49.3 Å². The van der Waals surface area contributed by atoms with E-state index in [1.807, 2.05) is 17.8 Å². The predicted octanol–water partition coefficient (Wildman–Crippen LogP) is 3.97. The van der Waals surface area contributed by atoms with Crippen LogP contribution in [0, 0.1) is 11.7 Å². The molecule has 1 saturated carbocycles. The van der Waals surface area contributed by atoms with Gasteiger partial charge in [-0.15, -0.1) is 0 Å². The van der Waals surface area contributed by atoms with Crippen molar-refractivity contribution in [3.05, 3.63) is 35.6 Å². The average molecular weight is 292 g/mol. The zero-order chi connectivity index (χ0) is 14.0. The molecule has 0 atom stereocenters. The summed E-state index contributed by atoms with van der Waals surface area (Å²) in [6.07, 6.45) is 5.12. The summed E-state index contributed by atoms with van der Waals surface area (Å²) < 4.78 is 13.1. The van der Waals surface area contributed by atoms with Crippen LogP contribution in [0.5, 0.6) is 0 Å². The molecule has 0 radical (unpaired) electrons. The first-order chi connectivity index (χ1) is 9.65. The second-order valence-electron chi connectivity index (χ2n) is 6.13. The lowest BCUT2D eigenvalue weighted by Crippen LogP contribution is -2.46. The summed E-state index contributed by atoms with van der Waals surface area (Å²) in [4.78, 5) is 4.60. The van der Waals surface area contributed by atoms with E-state index in [1.165, 1.54) is 31.7 Å². The van der Waals surface area contributed by atoms with Gasteiger partial charge in [-0.3, -0.25) is 4.99 Å². The third-order valence-corrected chi connectivity index (χ3v) is 5.58. The zero-order valence-electron chi connectivity index (χ0n) is 11.9. The number of hydrogen-bond acceptors (Lipinski definition) is 2. The first-order valence-electron chi connectivity index (χ1n) is 7.35. The number of halogens is 1. The lowest BCUT2D eigenvalue weighted by atomic mass is 9.78. The van der Waals surface area contributed by atoms with Gasteiger partial charge in [0.1, 0.15) is 5.82 Å². The van der Waals surface area contributed by atoms with Crippen LogP contribution in [0.3, 0.4) is 0 Å². The van der Waals surface area contributed by atoms with Crippen LogP contribution in [0.15, 0.2) is 29.3 Å². The fourth-order valence-electron chi connectivity index (χ4n) is 2.97. The molecule has 0 amide bonds. The maximum absolute atomic E-state index is 13.1. The largest absolute Gasteiger partial charge is 0.359 e. The molecule has 1 N–H and O–H groups in total. The van der Waals surface area contributed by atoms with Gasteiger partial charge in [-0.25, -0.2) is 4.39 Å². The number of nitrogens with zero attached hydrogens (tertiary/aromatic N) is 1. The minimum absolute atomic E-state index is 0.188. The molecule has 0 bridgehead atoms. The number of benzene rings is 1. The topological polar surface area (TPSA) is 24.4 Å². The van der Waals surface area contributed by atoms with E-state index in [1.54, 1.807) is 12.1 Å². The first-order valence-corrected chi connectivity index (χ1v) is 8.34. The normalized spacial score (nSPS) is 31.7. The van der Waals surface area contributed by atoms with Crippen LogP contribution in [0.1, 0.15) is 38.2 Å². The van der Waals surface area contributed by atoms with E-state index < -0.39 is 0 Å². The van der Waals surface area contributed by atoms with Crippen LogP contribution < -0.4 is 5.32 Å². The number of thioether (sulfide) groups is 1. The monoisotopic (exact) mass is 292 g/mol. The molecule has 1 spiro atoms. The van der Waals surface area contributed by atoms with Crippen LogP contribution in [0.25, 0.3) is 0 Å². The predicted molar refractivity (Wildman–Crippen MR) is 83.5 cm³/mol. The van der Waals surface area contributed by atoms with Gasteiger partial charge < -0.3 is 5.32 Å². The van der Waals surface area contributed by atoms with Gasteiger partial charge in [-0.2, -0.15) is 0 Å². The molecule has 20 heavy (non-hydrogen) atoms. The smallest absolute Gasteiger partial charge is 0.157 e. The molecule has 1 aliphatic heterocycles. The summed E-state index contributed by atoms with van der Waals surface area (Å²) in [5.41, 5.74) is 1.20. The standard InChI is InChI=1S/C16H21FN2S/c1-12-5-7-16(8-6-12)11-20-15(19-16)18-10-13-3-2-4-14(17)9-13/h2-4,9,12H,5-8,10-11H2,1H3,(H,18,19). The third kappa shape index (κ3) is 3.17. The molecule has 108 valence electrons. The van der Waals surface area contributed by atoms with Crippen LogP contribution in [0.2, 0.25) is 0 Å². The highest BCUT2D eigenvalue weighted by Crippen LogP contribution is 2.38. The van der Waals surface area contributed by atoms with Gasteiger partial charge in [0.05, 0.1) is 6.54 Å². The molecular weight excluding hydrogens is 271 g/mol. The van der Waals surface area contributed by atoms with Gasteiger partial charge in [-0.1, -0.05) is 30.8 Å². The van der Waals surface area contributed by atoms with Crippen LogP contribution in [-0.4, -0.2) is 16.5 Å². The van der Waals surface area contributed by atoms with Crippen molar-refractivity contribution in [1.29, 1.82) is 0 Å². The molecule has 0 aromatic heterocycles.